The molecular weight excluding hydrogens is 250 g/mol. The van der Waals surface area contributed by atoms with Gasteiger partial charge in [-0.2, -0.15) is 0 Å². The summed E-state index contributed by atoms with van der Waals surface area (Å²) in [5, 5.41) is 0. The molecule has 0 amide bonds. The lowest BCUT2D eigenvalue weighted by molar-refractivity contribution is 1.19. The normalized spacial score (nSPS) is 10.2. The highest BCUT2D eigenvalue weighted by Gasteiger charge is 1.96. The van der Waals surface area contributed by atoms with Crippen molar-refractivity contribution in [3.05, 3.63) is 64.1 Å². The molecule has 0 saturated heterocycles. The molecular formula is C13H12BrN. The molecule has 76 valence electrons. The molecule has 0 aliphatic rings. The van der Waals surface area contributed by atoms with Gasteiger partial charge in [0.1, 0.15) is 0 Å². The van der Waals surface area contributed by atoms with E-state index in [0.717, 1.165) is 16.6 Å². The Balaban J connectivity index is 2.18. The highest BCUT2D eigenvalue weighted by Crippen LogP contribution is 2.16. The average Bonchev–Trinajstić information content (AvgIpc) is 2.22. The van der Waals surface area contributed by atoms with Crippen LogP contribution in [-0.4, -0.2) is 0 Å². The van der Waals surface area contributed by atoms with Crippen molar-refractivity contribution < 1.29 is 0 Å². The first-order valence-electron chi connectivity index (χ1n) is 4.83. The van der Waals surface area contributed by atoms with Crippen LogP contribution in [0.2, 0.25) is 0 Å². The van der Waals surface area contributed by atoms with Gasteiger partial charge < -0.3 is 5.73 Å². The molecule has 1 nitrogen and oxygen atoms in total. The largest absolute Gasteiger partial charge is 0.399 e. The summed E-state index contributed by atoms with van der Waals surface area (Å²) in [6.45, 7) is 0. The minimum atomic E-state index is 0.813. The number of nitrogen functional groups attached to an aromatic ring is 1. The molecule has 2 aromatic rings. The number of hydrogen-bond donors (Lipinski definition) is 1. The maximum absolute atomic E-state index is 5.64. The van der Waals surface area contributed by atoms with E-state index in [-0.39, 0.29) is 0 Å². The van der Waals surface area contributed by atoms with Crippen LogP contribution in [0.4, 0.5) is 5.69 Å². The van der Waals surface area contributed by atoms with E-state index < -0.39 is 0 Å². The summed E-state index contributed by atoms with van der Waals surface area (Å²) < 4.78 is 1.12. The summed E-state index contributed by atoms with van der Waals surface area (Å²) in [5.74, 6) is 0. The van der Waals surface area contributed by atoms with Crippen LogP contribution in [0.25, 0.3) is 0 Å². The molecule has 0 aliphatic carbocycles. The monoisotopic (exact) mass is 261 g/mol. The van der Waals surface area contributed by atoms with Crippen LogP contribution >= 0.6 is 15.9 Å². The molecule has 0 saturated carbocycles. The number of nitrogens with two attached hydrogens (primary N) is 1. The maximum atomic E-state index is 5.64. The van der Waals surface area contributed by atoms with Crippen molar-refractivity contribution in [2.24, 2.45) is 0 Å². The summed E-state index contributed by atoms with van der Waals surface area (Å²) in [4.78, 5) is 0. The predicted octanol–water partition coefficient (Wildman–Crippen LogP) is 3.62. The minimum absolute atomic E-state index is 0.813. The zero-order valence-electron chi connectivity index (χ0n) is 8.28. The van der Waals surface area contributed by atoms with Crippen LogP contribution in [-0.2, 0) is 6.42 Å². The van der Waals surface area contributed by atoms with Crippen LogP contribution in [0.1, 0.15) is 11.1 Å². The fraction of sp³-hybridized carbons (Fsp3) is 0.0769. The lowest BCUT2D eigenvalue weighted by atomic mass is 10.1. The van der Waals surface area contributed by atoms with Gasteiger partial charge in [-0.3, -0.25) is 0 Å². The van der Waals surface area contributed by atoms with Crippen LogP contribution in [0.3, 0.4) is 0 Å². The van der Waals surface area contributed by atoms with E-state index in [9.17, 15) is 0 Å². The van der Waals surface area contributed by atoms with Gasteiger partial charge in [0.25, 0.3) is 0 Å². The van der Waals surface area contributed by atoms with E-state index in [1.807, 2.05) is 18.2 Å². The van der Waals surface area contributed by atoms with Gasteiger partial charge in [0.15, 0.2) is 0 Å². The molecule has 0 bridgehead atoms. The first-order valence-corrected chi connectivity index (χ1v) is 5.62. The van der Waals surface area contributed by atoms with Gasteiger partial charge in [-0.25, -0.2) is 0 Å². The van der Waals surface area contributed by atoms with Crippen LogP contribution < -0.4 is 5.73 Å². The van der Waals surface area contributed by atoms with Gasteiger partial charge >= 0.3 is 0 Å². The number of halogens is 1. The van der Waals surface area contributed by atoms with E-state index in [2.05, 4.69) is 46.3 Å². The molecule has 0 spiro atoms. The molecule has 0 aliphatic heterocycles. The molecule has 0 unspecified atom stereocenters. The smallest absolute Gasteiger partial charge is 0.0314 e. The summed E-state index contributed by atoms with van der Waals surface area (Å²) in [6.07, 6.45) is 0.944. The maximum Gasteiger partial charge on any atom is 0.0314 e. The minimum Gasteiger partial charge on any atom is -0.399 e. The van der Waals surface area contributed by atoms with Gasteiger partial charge in [-0.05, 0) is 41.8 Å². The lowest BCUT2D eigenvalue weighted by Crippen LogP contribution is -1.89. The molecule has 0 radical (unpaired) electrons. The average molecular weight is 262 g/mol. The summed E-state index contributed by atoms with van der Waals surface area (Å²) in [5.41, 5.74) is 9.03. The zero-order chi connectivity index (χ0) is 10.7. The standard InChI is InChI=1S/C13H12BrN/c14-12-3-1-2-11(9-12)8-10-4-6-13(15)7-5-10/h1-7,9H,8,15H2. The molecule has 2 rings (SSSR count). The van der Waals surface area contributed by atoms with E-state index in [1.54, 1.807) is 0 Å². The predicted molar refractivity (Wildman–Crippen MR) is 67.8 cm³/mol. The molecule has 0 aromatic heterocycles. The Hall–Kier alpha value is -1.28. The second-order valence-electron chi connectivity index (χ2n) is 3.55. The van der Waals surface area contributed by atoms with Gasteiger partial charge in [0, 0.05) is 10.2 Å². The molecule has 2 aromatic carbocycles. The highest BCUT2D eigenvalue weighted by molar-refractivity contribution is 9.10. The van der Waals surface area contributed by atoms with Gasteiger partial charge in [0.2, 0.25) is 0 Å². The first kappa shape index (κ1) is 10.2. The summed E-state index contributed by atoms with van der Waals surface area (Å²) in [7, 11) is 0. The third-order valence-corrected chi connectivity index (χ3v) is 2.77. The number of hydrogen-bond acceptors (Lipinski definition) is 1. The van der Waals surface area contributed by atoms with E-state index in [0.29, 0.717) is 0 Å². The third kappa shape index (κ3) is 2.83. The zero-order valence-corrected chi connectivity index (χ0v) is 9.87. The fourth-order valence-corrected chi connectivity index (χ4v) is 1.96. The quantitative estimate of drug-likeness (QED) is 0.822. The second-order valence-corrected chi connectivity index (χ2v) is 4.46. The Kier molecular flexibility index (Phi) is 3.07. The molecule has 0 heterocycles. The van der Waals surface area contributed by atoms with E-state index in [1.165, 1.54) is 11.1 Å². The first-order chi connectivity index (χ1) is 7.24. The van der Waals surface area contributed by atoms with Crippen molar-refractivity contribution in [2.45, 2.75) is 6.42 Å². The van der Waals surface area contributed by atoms with Crippen LogP contribution in [0.15, 0.2) is 53.0 Å². The lowest BCUT2D eigenvalue weighted by Gasteiger charge is -2.02. The van der Waals surface area contributed by atoms with Gasteiger partial charge in [-0.1, -0.05) is 40.2 Å². The Morgan fingerprint density at radius 2 is 1.67 bits per heavy atom. The topological polar surface area (TPSA) is 26.0 Å². The summed E-state index contributed by atoms with van der Waals surface area (Å²) in [6, 6.07) is 16.4. The molecule has 2 heteroatoms. The van der Waals surface area contributed by atoms with Gasteiger partial charge in [0.05, 0.1) is 0 Å². The van der Waals surface area contributed by atoms with Crippen molar-refractivity contribution in [3.8, 4) is 0 Å². The SMILES string of the molecule is Nc1ccc(Cc2cccc(Br)c2)cc1. The Labute approximate surface area is 98.1 Å². The van der Waals surface area contributed by atoms with Crippen molar-refractivity contribution >= 4 is 21.6 Å². The van der Waals surface area contributed by atoms with Crippen molar-refractivity contribution in [3.63, 3.8) is 0 Å². The Morgan fingerprint density at radius 3 is 2.33 bits per heavy atom. The molecule has 15 heavy (non-hydrogen) atoms. The van der Waals surface area contributed by atoms with Crippen molar-refractivity contribution in [1.82, 2.24) is 0 Å². The van der Waals surface area contributed by atoms with Crippen molar-refractivity contribution in [1.29, 1.82) is 0 Å². The molecule has 2 N–H and O–H groups in total. The van der Waals surface area contributed by atoms with Gasteiger partial charge in [-0.15, -0.1) is 0 Å². The van der Waals surface area contributed by atoms with Crippen molar-refractivity contribution in [2.75, 3.05) is 5.73 Å². The molecule has 0 atom stereocenters. The number of benzene rings is 2. The fourth-order valence-electron chi connectivity index (χ4n) is 1.52. The Bertz CT molecular complexity index is 448. The second kappa shape index (κ2) is 4.49. The highest BCUT2D eigenvalue weighted by atomic mass is 79.9. The van der Waals surface area contributed by atoms with Crippen LogP contribution in [0, 0.1) is 0 Å². The van der Waals surface area contributed by atoms with Crippen LogP contribution in [0.5, 0.6) is 0 Å². The number of anilines is 1. The van der Waals surface area contributed by atoms with E-state index >= 15 is 0 Å². The summed E-state index contributed by atoms with van der Waals surface area (Å²) >= 11 is 3.47. The van der Waals surface area contributed by atoms with E-state index in [4.69, 9.17) is 5.73 Å². The molecule has 0 fully saturated rings. The number of rotatable bonds is 2. The Morgan fingerprint density at radius 1 is 0.933 bits per heavy atom. The third-order valence-electron chi connectivity index (χ3n) is 2.28.